The van der Waals surface area contributed by atoms with Gasteiger partial charge in [-0.15, -0.1) is 0 Å². The van der Waals surface area contributed by atoms with Crippen molar-refractivity contribution in [2.45, 2.75) is 4.90 Å². The van der Waals surface area contributed by atoms with Crippen LogP contribution in [0.1, 0.15) is 0 Å². The third-order valence-electron chi connectivity index (χ3n) is 3.34. The van der Waals surface area contributed by atoms with Crippen LogP contribution in [0, 0.1) is 11.6 Å². The molecule has 2 aromatic rings. The number of hydrogen-bond donors (Lipinski definition) is 1. The Kier molecular flexibility index (Phi) is 4.27. The first-order valence-corrected chi connectivity index (χ1v) is 9.08. The van der Waals surface area contributed by atoms with Gasteiger partial charge in [-0.05, 0) is 30.3 Å². The van der Waals surface area contributed by atoms with Gasteiger partial charge in [-0.25, -0.2) is 17.2 Å². The summed E-state index contributed by atoms with van der Waals surface area (Å²) in [6, 6.07) is 6.20. The lowest BCUT2D eigenvalue weighted by molar-refractivity contribution is -0.115. The fourth-order valence-corrected chi connectivity index (χ4v) is 4.64. The summed E-state index contributed by atoms with van der Waals surface area (Å²) in [6.45, 7) is -0.585. The van der Waals surface area contributed by atoms with Crippen LogP contribution in [-0.4, -0.2) is 20.9 Å². The molecular formula is C14H8BrClF2N2O3S. The van der Waals surface area contributed by atoms with Crippen molar-refractivity contribution in [2.75, 3.05) is 16.2 Å². The Hall–Kier alpha value is -1.71. The fourth-order valence-electron chi connectivity index (χ4n) is 2.29. The van der Waals surface area contributed by atoms with E-state index in [1.54, 1.807) is 6.07 Å². The largest absolute Gasteiger partial charge is 0.323 e. The van der Waals surface area contributed by atoms with Crippen molar-refractivity contribution in [3.63, 3.8) is 0 Å². The van der Waals surface area contributed by atoms with Crippen molar-refractivity contribution in [2.24, 2.45) is 0 Å². The van der Waals surface area contributed by atoms with Gasteiger partial charge in [0.2, 0.25) is 5.91 Å². The predicted octanol–water partition coefficient (Wildman–Crippen LogP) is 3.53. The fraction of sp³-hybridized carbons (Fsp3) is 0.0714. The van der Waals surface area contributed by atoms with Gasteiger partial charge in [-0.1, -0.05) is 27.5 Å². The van der Waals surface area contributed by atoms with E-state index < -0.39 is 44.0 Å². The van der Waals surface area contributed by atoms with E-state index in [1.807, 2.05) is 0 Å². The summed E-state index contributed by atoms with van der Waals surface area (Å²) in [6.07, 6.45) is 0. The number of carbonyl (C=O) groups excluding carboxylic acids is 1. The van der Waals surface area contributed by atoms with Crippen LogP contribution in [0.5, 0.6) is 0 Å². The van der Waals surface area contributed by atoms with E-state index in [0.717, 1.165) is 12.1 Å². The van der Waals surface area contributed by atoms with E-state index in [9.17, 15) is 22.0 Å². The summed E-state index contributed by atoms with van der Waals surface area (Å²) in [7, 11) is -4.60. The van der Waals surface area contributed by atoms with Gasteiger partial charge < -0.3 is 5.32 Å². The zero-order chi connectivity index (χ0) is 17.6. The maximum absolute atomic E-state index is 14.1. The first-order chi connectivity index (χ1) is 11.2. The molecule has 0 unspecified atom stereocenters. The van der Waals surface area contributed by atoms with Crippen molar-refractivity contribution in [1.82, 2.24) is 0 Å². The summed E-state index contributed by atoms with van der Waals surface area (Å²) in [5, 5.41) is 2.04. The summed E-state index contributed by atoms with van der Waals surface area (Å²) in [4.78, 5) is 10.8. The van der Waals surface area contributed by atoms with E-state index in [-0.39, 0.29) is 11.4 Å². The molecule has 0 saturated carbocycles. The first kappa shape index (κ1) is 17.1. The molecule has 3 rings (SSSR count). The van der Waals surface area contributed by atoms with Crippen LogP contribution in [0.25, 0.3) is 0 Å². The van der Waals surface area contributed by atoms with Gasteiger partial charge in [0.1, 0.15) is 11.4 Å². The number of halogens is 4. The lowest BCUT2D eigenvalue weighted by Gasteiger charge is -2.30. The molecule has 0 fully saturated rings. The number of fused-ring (bicyclic) bond motifs is 1. The average molecular weight is 438 g/mol. The number of anilines is 2. The summed E-state index contributed by atoms with van der Waals surface area (Å²) in [5.41, 5.74) is 0.342. The number of amides is 1. The van der Waals surface area contributed by atoms with E-state index in [1.165, 1.54) is 12.1 Å². The third-order valence-corrected chi connectivity index (χ3v) is 6.08. The van der Waals surface area contributed by atoms with Crippen molar-refractivity contribution in [1.29, 1.82) is 0 Å². The Morgan fingerprint density at radius 1 is 1.21 bits per heavy atom. The normalized spacial score (nSPS) is 14.3. The molecule has 0 saturated heterocycles. The molecular weight excluding hydrogens is 430 g/mol. The quantitative estimate of drug-likeness (QED) is 0.731. The Morgan fingerprint density at radius 2 is 1.92 bits per heavy atom. The minimum Gasteiger partial charge on any atom is -0.323 e. The highest BCUT2D eigenvalue weighted by atomic mass is 79.9. The lowest BCUT2D eigenvalue weighted by Crippen LogP contribution is -2.42. The van der Waals surface area contributed by atoms with Gasteiger partial charge >= 0.3 is 0 Å². The Labute approximate surface area is 149 Å². The van der Waals surface area contributed by atoms with Gasteiger partial charge in [-0.3, -0.25) is 9.10 Å². The number of hydrogen-bond acceptors (Lipinski definition) is 3. The second-order valence-electron chi connectivity index (χ2n) is 4.89. The molecule has 2 aromatic carbocycles. The van der Waals surface area contributed by atoms with Crippen LogP contribution in [0.4, 0.5) is 20.2 Å². The zero-order valence-electron chi connectivity index (χ0n) is 11.7. The molecule has 1 amide bonds. The third kappa shape index (κ3) is 2.76. The molecule has 1 heterocycles. The van der Waals surface area contributed by atoms with E-state index in [0.29, 0.717) is 8.78 Å². The Bertz CT molecular complexity index is 969. The average Bonchev–Trinajstić information content (AvgIpc) is 2.50. The van der Waals surface area contributed by atoms with E-state index >= 15 is 0 Å². The minimum atomic E-state index is -4.60. The molecule has 5 nitrogen and oxygen atoms in total. The molecule has 0 bridgehead atoms. The maximum Gasteiger partial charge on any atom is 0.269 e. The van der Waals surface area contributed by atoms with Gasteiger partial charge in [0.15, 0.2) is 11.6 Å². The number of sulfonamides is 1. The van der Waals surface area contributed by atoms with E-state index in [4.69, 9.17) is 11.6 Å². The summed E-state index contributed by atoms with van der Waals surface area (Å²) in [5.74, 6) is -3.56. The molecule has 0 radical (unpaired) electrons. The zero-order valence-corrected chi connectivity index (χ0v) is 14.8. The smallest absolute Gasteiger partial charge is 0.269 e. The van der Waals surface area contributed by atoms with Crippen molar-refractivity contribution < 1.29 is 22.0 Å². The van der Waals surface area contributed by atoms with E-state index in [2.05, 4.69) is 21.2 Å². The predicted molar refractivity (Wildman–Crippen MR) is 88.7 cm³/mol. The molecule has 1 aliphatic heterocycles. The van der Waals surface area contributed by atoms with Crippen LogP contribution in [0.2, 0.25) is 5.02 Å². The summed E-state index contributed by atoms with van der Waals surface area (Å²) < 4.78 is 54.5. The van der Waals surface area contributed by atoms with Gasteiger partial charge in [0, 0.05) is 4.47 Å². The van der Waals surface area contributed by atoms with Crippen LogP contribution in [0.15, 0.2) is 39.7 Å². The highest BCUT2D eigenvalue weighted by Gasteiger charge is 2.36. The molecule has 0 atom stereocenters. The standard InChI is InChI=1S/C14H8BrClF2N2O3S/c15-7-1-4-10-11(5-7)20(6-12(21)19-10)24(22,23)14-8(16)2-3-9(17)13(14)18/h1-5H,6H2,(H,19,21). The van der Waals surface area contributed by atoms with Gasteiger partial charge in [-0.2, -0.15) is 0 Å². The monoisotopic (exact) mass is 436 g/mol. The van der Waals surface area contributed by atoms with Crippen LogP contribution in [0.3, 0.4) is 0 Å². The molecule has 24 heavy (non-hydrogen) atoms. The van der Waals surface area contributed by atoms with Crippen LogP contribution < -0.4 is 9.62 Å². The van der Waals surface area contributed by atoms with Crippen LogP contribution in [-0.2, 0) is 14.8 Å². The van der Waals surface area contributed by atoms with Crippen molar-refractivity contribution in [3.05, 3.63) is 51.5 Å². The number of benzene rings is 2. The Balaban J connectivity index is 2.24. The second kappa shape index (κ2) is 5.98. The van der Waals surface area contributed by atoms with Crippen LogP contribution >= 0.6 is 27.5 Å². The highest BCUT2D eigenvalue weighted by molar-refractivity contribution is 9.10. The molecule has 126 valence electrons. The number of nitrogens with zero attached hydrogens (tertiary/aromatic N) is 1. The molecule has 1 N–H and O–H groups in total. The van der Waals surface area contributed by atoms with Crippen molar-refractivity contribution >= 4 is 54.8 Å². The second-order valence-corrected chi connectivity index (χ2v) is 8.02. The number of rotatable bonds is 2. The van der Waals surface area contributed by atoms with Gasteiger partial charge in [0.25, 0.3) is 10.0 Å². The molecule has 0 aliphatic carbocycles. The number of carbonyl (C=O) groups is 1. The SMILES string of the molecule is O=C1CN(S(=O)(=O)c2c(Cl)ccc(F)c2F)c2cc(Br)ccc2N1. The van der Waals surface area contributed by atoms with Gasteiger partial charge in [0.05, 0.1) is 16.4 Å². The molecule has 10 heteroatoms. The number of nitrogens with one attached hydrogen (secondary N) is 1. The summed E-state index contributed by atoms with van der Waals surface area (Å²) >= 11 is 8.98. The topological polar surface area (TPSA) is 66.5 Å². The minimum absolute atomic E-state index is 0.115. The lowest BCUT2D eigenvalue weighted by atomic mass is 10.2. The highest BCUT2D eigenvalue weighted by Crippen LogP contribution is 2.38. The molecule has 0 aromatic heterocycles. The Morgan fingerprint density at radius 3 is 2.62 bits per heavy atom. The first-order valence-electron chi connectivity index (χ1n) is 6.47. The van der Waals surface area contributed by atoms with Crippen molar-refractivity contribution in [3.8, 4) is 0 Å². The maximum atomic E-state index is 14.1. The molecule has 0 spiro atoms. The molecule has 1 aliphatic rings.